The summed E-state index contributed by atoms with van der Waals surface area (Å²) in [6, 6.07) is 8.93. The van der Waals surface area contributed by atoms with Crippen LogP contribution in [0.4, 0.5) is 11.4 Å². The van der Waals surface area contributed by atoms with E-state index in [4.69, 9.17) is 4.42 Å². The van der Waals surface area contributed by atoms with Crippen molar-refractivity contribution < 1.29 is 14.0 Å². The van der Waals surface area contributed by atoms with Crippen LogP contribution in [0.5, 0.6) is 0 Å². The molecule has 0 bridgehead atoms. The lowest BCUT2D eigenvalue weighted by Crippen LogP contribution is -2.35. The Morgan fingerprint density at radius 3 is 2.83 bits per heavy atom. The fourth-order valence-electron chi connectivity index (χ4n) is 2.74. The van der Waals surface area contributed by atoms with Gasteiger partial charge in [0.15, 0.2) is 10.4 Å². The van der Waals surface area contributed by atoms with Crippen LogP contribution < -0.4 is 10.2 Å². The molecule has 1 aromatic carbocycles. The van der Waals surface area contributed by atoms with Gasteiger partial charge < -0.3 is 14.6 Å². The molecule has 2 heterocycles. The summed E-state index contributed by atoms with van der Waals surface area (Å²) >= 11 is 3.18. The number of aryl methyl sites for hydroxylation is 1. The Morgan fingerprint density at radius 2 is 2.13 bits per heavy atom. The Labute approximate surface area is 142 Å². The Hall–Kier alpha value is -2.08. The van der Waals surface area contributed by atoms with Crippen LogP contribution in [0, 0.1) is 0 Å². The Kier molecular flexibility index (Phi) is 4.52. The Bertz CT molecular complexity index is 754. The Balaban J connectivity index is 1.81. The summed E-state index contributed by atoms with van der Waals surface area (Å²) in [5, 5.41) is 2.82. The molecule has 23 heavy (non-hydrogen) atoms. The highest BCUT2D eigenvalue weighted by Gasteiger charge is 2.23. The summed E-state index contributed by atoms with van der Waals surface area (Å²) in [5.74, 6) is 0.113. The van der Waals surface area contributed by atoms with E-state index in [0.29, 0.717) is 23.2 Å². The second kappa shape index (κ2) is 6.58. The van der Waals surface area contributed by atoms with E-state index in [0.717, 1.165) is 24.2 Å². The van der Waals surface area contributed by atoms with E-state index in [9.17, 15) is 9.59 Å². The lowest BCUT2D eigenvalue weighted by molar-refractivity contribution is -0.118. The van der Waals surface area contributed by atoms with Gasteiger partial charge >= 0.3 is 0 Å². The van der Waals surface area contributed by atoms with E-state index in [2.05, 4.69) is 28.2 Å². The summed E-state index contributed by atoms with van der Waals surface area (Å²) in [4.78, 5) is 26.0. The number of fused-ring (bicyclic) bond motifs is 1. The first-order valence-electron chi connectivity index (χ1n) is 7.58. The van der Waals surface area contributed by atoms with Crippen molar-refractivity contribution in [1.29, 1.82) is 0 Å². The van der Waals surface area contributed by atoms with Gasteiger partial charge in [-0.1, -0.05) is 6.92 Å². The molecule has 3 rings (SSSR count). The maximum absolute atomic E-state index is 12.1. The average molecular weight is 377 g/mol. The number of hydrogen-bond donors (Lipinski definition) is 1. The molecule has 2 aromatic rings. The standard InChI is InChI=1S/C17H17BrN2O3/c1-2-9-20-13-5-4-12(10-11(13)3-8-16(20)21)19-17(22)14-6-7-15(18)23-14/h4-7,10H,2-3,8-9H2,1H3,(H,19,22). The maximum Gasteiger partial charge on any atom is 0.291 e. The van der Waals surface area contributed by atoms with Gasteiger partial charge in [0.05, 0.1) is 0 Å². The molecule has 2 amide bonds. The van der Waals surface area contributed by atoms with Crippen LogP contribution in [0.3, 0.4) is 0 Å². The fourth-order valence-corrected chi connectivity index (χ4v) is 3.04. The van der Waals surface area contributed by atoms with E-state index in [1.54, 1.807) is 12.1 Å². The van der Waals surface area contributed by atoms with Gasteiger partial charge in [-0.2, -0.15) is 0 Å². The van der Waals surface area contributed by atoms with Gasteiger partial charge in [-0.15, -0.1) is 0 Å². The molecule has 6 heteroatoms. The SMILES string of the molecule is CCCN1C(=O)CCc2cc(NC(=O)c3ccc(Br)o3)ccc21. The minimum absolute atomic E-state index is 0.163. The lowest BCUT2D eigenvalue weighted by atomic mass is 10.00. The van der Waals surface area contributed by atoms with Gasteiger partial charge in [0.2, 0.25) is 5.91 Å². The second-order valence-corrected chi connectivity index (χ2v) is 6.23. The molecule has 0 aliphatic carbocycles. The van der Waals surface area contributed by atoms with Crippen LogP contribution in [0.1, 0.15) is 35.9 Å². The zero-order valence-electron chi connectivity index (χ0n) is 12.8. The molecule has 0 saturated carbocycles. The third kappa shape index (κ3) is 3.32. The quantitative estimate of drug-likeness (QED) is 0.877. The fraction of sp³-hybridized carbons (Fsp3) is 0.294. The first kappa shape index (κ1) is 15.8. The lowest BCUT2D eigenvalue weighted by Gasteiger charge is -2.29. The second-order valence-electron chi connectivity index (χ2n) is 5.45. The van der Waals surface area contributed by atoms with E-state index in [1.165, 1.54) is 0 Å². The third-order valence-electron chi connectivity index (χ3n) is 3.78. The van der Waals surface area contributed by atoms with Crippen LogP contribution in [0.15, 0.2) is 39.4 Å². The first-order chi connectivity index (χ1) is 11.1. The largest absolute Gasteiger partial charge is 0.444 e. The third-order valence-corrected chi connectivity index (χ3v) is 4.21. The van der Waals surface area contributed by atoms with Gasteiger partial charge in [0, 0.05) is 24.3 Å². The number of furan rings is 1. The smallest absolute Gasteiger partial charge is 0.291 e. The molecule has 0 fully saturated rings. The van der Waals surface area contributed by atoms with Crippen LogP contribution >= 0.6 is 15.9 Å². The predicted molar refractivity (Wildman–Crippen MR) is 91.8 cm³/mol. The normalized spacial score (nSPS) is 13.8. The summed E-state index contributed by atoms with van der Waals surface area (Å²) in [5.41, 5.74) is 2.73. The molecular weight excluding hydrogens is 360 g/mol. The molecule has 1 aliphatic heterocycles. The number of benzene rings is 1. The number of halogens is 1. The molecule has 0 saturated heterocycles. The van der Waals surface area contributed by atoms with Crippen molar-refractivity contribution in [3.63, 3.8) is 0 Å². The van der Waals surface area contributed by atoms with Gasteiger partial charge in [-0.05, 0) is 64.7 Å². The molecule has 1 N–H and O–H groups in total. The van der Waals surface area contributed by atoms with Crippen molar-refractivity contribution in [2.45, 2.75) is 26.2 Å². The molecule has 5 nitrogen and oxygen atoms in total. The summed E-state index contributed by atoms with van der Waals surface area (Å²) < 4.78 is 5.76. The first-order valence-corrected chi connectivity index (χ1v) is 8.37. The maximum atomic E-state index is 12.1. The number of nitrogens with zero attached hydrogens (tertiary/aromatic N) is 1. The van der Waals surface area contributed by atoms with Crippen molar-refractivity contribution in [3.8, 4) is 0 Å². The molecule has 0 spiro atoms. The molecule has 0 atom stereocenters. The van der Waals surface area contributed by atoms with Crippen molar-refractivity contribution in [3.05, 3.63) is 46.3 Å². The van der Waals surface area contributed by atoms with Gasteiger partial charge in [0.1, 0.15) is 0 Å². The number of rotatable bonds is 4. The zero-order valence-corrected chi connectivity index (χ0v) is 14.4. The van der Waals surface area contributed by atoms with Crippen LogP contribution in [-0.4, -0.2) is 18.4 Å². The highest BCUT2D eigenvalue weighted by Crippen LogP contribution is 2.30. The summed E-state index contributed by atoms with van der Waals surface area (Å²) in [6.07, 6.45) is 2.12. The number of anilines is 2. The molecule has 0 unspecified atom stereocenters. The Morgan fingerprint density at radius 1 is 1.30 bits per heavy atom. The van der Waals surface area contributed by atoms with Crippen molar-refractivity contribution in [1.82, 2.24) is 0 Å². The van der Waals surface area contributed by atoms with Crippen molar-refractivity contribution in [2.75, 3.05) is 16.8 Å². The van der Waals surface area contributed by atoms with Crippen molar-refractivity contribution in [2.24, 2.45) is 0 Å². The molecule has 120 valence electrons. The minimum Gasteiger partial charge on any atom is -0.444 e. The van der Waals surface area contributed by atoms with E-state index >= 15 is 0 Å². The predicted octanol–water partition coefficient (Wildman–Crippen LogP) is 3.98. The summed E-state index contributed by atoms with van der Waals surface area (Å²) in [7, 11) is 0. The average Bonchev–Trinajstić information content (AvgIpc) is 2.97. The number of carbonyl (C=O) groups excluding carboxylic acids is 2. The number of carbonyl (C=O) groups is 2. The van der Waals surface area contributed by atoms with E-state index in [1.807, 2.05) is 23.1 Å². The van der Waals surface area contributed by atoms with Gasteiger partial charge in [-0.3, -0.25) is 9.59 Å². The minimum atomic E-state index is -0.298. The van der Waals surface area contributed by atoms with Gasteiger partial charge in [-0.25, -0.2) is 0 Å². The van der Waals surface area contributed by atoms with E-state index in [-0.39, 0.29) is 17.6 Å². The zero-order chi connectivity index (χ0) is 16.4. The summed E-state index contributed by atoms with van der Waals surface area (Å²) in [6.45, 7) is 2.77. The highest BCUT2D eigenvalue weighted by molar-refractivity contribution is 9.10. The number of nitrogens with one attached hydrogen (secondary N) is 1. The molecule has 1 aromatic heterocycles. The van der Waals surface area contributed by atoms with Crippen LogP contribution in [0.25, 0.3) is 0 Å². The monoisotopic (exact) mass is 376 g/mol. The van der Waals surface area contributed by atoms with E-state index < -0.39 is 0 Å². The molecule has 0 radical (unpaired) electrons. The topological polar surface area (TPSA) is 62.6 Å². The number of amides is 2. The van der Waals surface area contributed by atoms with Crippen LogP contribution in [-0.2, 0) is 11.2 Å². The van der Waals surface area contributed by atoms with Crippen LogP contribution in [0.2, 0.25) is 0 Å². The van der Waals surface area contributed by atoms with Crippen molar-refractivity contribution >= 4 is 39.1 Å². The molecule has 1 aliphatic rings. The number of hydrogen-bond acceptors (Lipinski definition) is 3. The highest BCUT2D eigenvalue weighted by atomic mass is 79.9. The molecular formula is C17H17BrN2O3. The van der Waals surface area contributed by atoms with Gasteiger partial charge in [0.25, 0.3) is 5.91 Å².